The molecule has 0 spiro atoms. The van der Waals surface area contributed by atoms with Gasteiger partial charge in [0.05, 0.1) is 18.0 Å². The summed E-state index contributed by atoms with van der Waals surface area (Å²) < 4.78 is 24.4. The Morgan fingerprint density at radius 3 is 2.90 bits per heavy atom. The zero-order valence-electron chi connectivity index (χ0n) is 12.2. The van der Waals surface area contributed by atoms with Crippen molar-refractivity contribution in [3.8, 4) is 0 Å². The Kier molecular flexibility index (Phi) is 5.30. The van der Waals surface area contributed by atoms with Gasteiger partial charge in [0.25, 0.3) is 0 Å². The summed E-state index contributed by atoms with van der Waals surface area (Å²) in [6.45, 7) is 0.849. The molecule has 1 aromatic heterocycles. The maximum atomic E-state index is 12.3. The van der Waals surface area contributed by atoms with Crippen molar-refractivity contribution in [3.05, 3.63) is 30.1 Å². The normalized spacial score (nSPS) is 19.5. The van der Waals surface area contributed by atoms with E-state index in [0.717, 1.165) is 31.2 Å². The molecular weight excluding hydrogens is 290 g/mol. The molecule has 2 heterocycles. The van der Waals surface area contributed by atoms with Crippen molar-refractivity contribution in [3.63, 3.8) is 0 Å². The summed E-state index contributed by atoms with van der Waals surface area (Å²) in [5.41, 5.74) is 0.904. The van der Waals surface area contributed by atoms with Gasteiger partial charge in [-0.1, -0.05) is 6.07 Å². The molecule has 116 valence electrons. The summed E-state index contributed by atoms with van der Waals surface area (Å²) in [6.07, 6.45) is 5.97. The molecule has 1 aromatic rings. The van der Waals surface area contributed by atoms with E-state index in [-0.39, 0.29) is 24.9 Å². The first-order chi connectivity index (χ1) is 9.97. The molecule has 1 atom stereocenters. The van der Waals surface area contributed by atoms with Crippen molar-refractivity contribution < 1.29 is 13.2 Å². The van der Waals surface area contributed by atoms with E-state index >= 15 is 0 Å². The fourth-order valence-electron chi connectivity index (χ4n) is 2.60. The zero-order chi connectivity index (χ0) is 15.3. The highest BCUT2D eigenvalue weighted by Crippen LogP contribution is 2.29. The lowest BCUT2D eigenvalue weighted by atomic mass is 9.98. The topological polar surface area (TPSA) is 79.4 Å². The Balaban J connectivity index is 2.00. The van der Waals surface area contributed by atoms with Gasteiger partial charge in [0.2, 0.25) is 15.9 Å². The lowest BCUT2D eigenvalue weighted by Crippen LogP contribution is -2.40. The van der Waals surface area contributed by atoms with E-state index in [9.17, 15) is 13.2 Å². The molecule has 0 aromatic carbocycles. The number of carbonyl (C=O) groups is 1. The van der Waals surface area contributed by atoms with Crippen LogP contribution < -0.4 is 4.72 Å². The minimum Gasteiger partial charge on any atom is -0.334 e. The molecule has 0 bridgehead atoms. The molecule has 1 fully saturated rings. The van der Waals surface area contributed by atoms with Gasteiger partial charge in [-0.05, 0) is 31.4 Å². The molecular formula is C14H21N3O3S. The van der Waals surface area contributed by atoms with Crippen LogP contribution in [0.1, 0.15) is 37.4 Å². The molecule has 0 unspecified atom stereocenters. The number of rotatable bonds is 5. The van der Waals surface area contributed by atoms with E-state index in [1.54, 1.807) is 6.20 Å². The fraction of sp³-hybridized carbons (Fsp3) is 0.571. The molecule has 0 aliphatic carbocycles. The van der Waals surface area contributed by atoms with Crippen molar-refractivity contribution in [2.75, 3.05) is 19.3 Å². The third-order valence-corrected chi connectivity index (χ3v) is 4.28. The van der Waals surface area contributed by atoms with Gasteiger partial charge in [-0.15, -0.1) is 0 Å². The summed E-state index contributed by atoms with van der Waals surface area (Å²) in [6, 6.07) is 5.72. The highest BCUT2D eigenvalue weighted by molar-refractivity contribution is 7.88. The average Bonchev–Trinajstić information content (AvgIpc) is 2.47. The monoisotopic (exact) mass is 311 g/mol. The second-order valence-electron chi connectivity index (χ2n) is 5.27. The molecule has 1 saturated heterocycles. The molecule has 2 rings (SSSR count). The smallest absolute Gasteiger partial charge is 0.224 e. The Hall–Kier alpha value is -1.47. The Labute approximate surface area is 125 Å². The quantitative estimate of drug-likeness (QED) is 0.882. The van der Waals surface area contributed by atoms with Crippen molar-refractivity contribution in [2.24, 2.45) is 0 Å². The van der Waals surface area contributed by atoms with Crippen LogP contribution in [0.15, 0.2) is 24.4 Å². The van der Waals surface area contributed by atoms with Gasteiger partial charge in [-0.2, -0.15) is 0 Å². The van der Waals surface area contributed by atoms with E-state index in [0.29, 0.717) is 6.54 Å². The number of hydrogen-bond donors (Lipinski definition) is 1. The highest BCUT2D eigenvalue weighted by Gasteiger charge is 2.28. The van der Waals surface area contributed by atoms with E-state index in [1.807, 2.05) is 23.1 Å². The molecule has 6 nitrogen and oxygen atoms in total. The lowest BCUT2D eigenvalue weighted by molar-refractivity contribution is -0.135. The number of piperidine rings is 1. The summed E-state index contributed by atoms with van der Waals surface area (Å²) in [5.74, 6) is -0.0264. The number of carbonyl (C=O) groups excluding carboxylic acids is 1. The molecule has 1 aliphatic heterocycles. The first-order valence-electron chi connectivity index (χ1n) is 7.12. The summed E-state index contributed by atoms with van der Waals surface area (Å²) in [4.78, 5) is 18.5. The van der Waals surface area contributed by atoms with E-state index in [4.69, 9.17) is 0 Å². The van der Waals surface area contributed by atoms with E-state index in [2.05, 4.69) is 9.71 Å². The second kappa shape index (κ2) is 7.00. The van der Waals surface area contributed by atoms with Gasteiger partial charge in [0, 0.05) is 25.7 Å². The summed E-state index contributed by atoms with van der Waals surface area (Å²) >= 11 is 0. The van der Waals surface area contributed by atoms with Gasteiger partial charge in [-0.25, -0.2) is 13.1 Å². The van der Waals surface area contributed by atoms with Gasteiger partial charge in [0.1, 0.15) is 0 Å². The highest BCUT2D eigenvalue weighted by atomic mass is 32.2. The van der Waals surface area contributed by atoms with Crippen LogP contribution in [-0.2, 0) is 14.8 Å². The molecule has 1 N–H and O–H groups in total. The number of amides is 1. The minimum atomic E-state index is -3.25. The third-order valence-electron chi connectivity index (χ3n) is 3.56. The third kappa shape index (κ3) is 4.78. The van der Waals surface area contributed by atoms with Crippen LogP contribution in [-0.4, -0.2) is 43.6 Å². The molecule has 7 heteroatoms. The number of hydrogen-bond acceptors (Lipinski definition) is 4. The molecule has 1 amide bonds. The predicted molar refractivity (Wildman–Crippen MR) is 80.0 cm³/mol. The van der Waals surface area contributed by atoms with Crippen molar-refractivity contribution in [2.45, 2.75) is 31.7 Å². The Morgan fingerprint density at radius 1 is 1.43 bits per heavy atom. The number of pyridine rings is 1. The van der Waals surface area contributed by atoms with Crippen molar-refractivity contribution in [1.29, 1.82) is 0 Å². The molecule has 21 heavy (non-hydrogen) atoms. The van der Waals surface area contributed by atoms with Crippen LogP contribution in [0.3, 0.4) is 0 Å². The number of aromatic nitrogens is 1. The maximum Gasteiger partial charge on any atom is 0.224 e. The molecule has 1 aliphatic rings. The largest absolute Gasteiger partial charge is 0.334 e. The SMILES string of the molecule is CS(=O)(=O)NCCC(=O)N1CCCC[C@H]1c1ccccn1. The Morgan fingerprint density at radius 2 is 2.24 bits per heavy atom. The van der Waals surface area contributed by atoms with Crippen LogP contribution in [0, 0.1) is 0 Å². The number of sulfonamides is 1. The van der Waals surface area contributed by atoms with Gasteiger partial charge < -0.3 is 4.90 Å². The van der Waals surface area contributed by atoms with Gasteiger partial charge >= 0.3 is 0 Å². The van der Waals surface area contributed by atoms with Crippen molar-refractivity contribution in [1.82, 2.24) is 14.6 Å². The number of nitrogens with one attached hydrogen (secondary N) is 1. The number of likely N-dealkylation sites (tertiary alicyclic amines) is 1. The van der Waals surface area contributed by atoms with Crippen LogP contribution in [0.25, 0.3) is 0 Å². The fourth-order valence-corrected chi connectivity index (χ4v) is 3.07. The van der Waals surface area contributed by atoms with Crippen molar-refractivity contribution >= 4 is 15.9 Å². The predicted octanol–water partition coefficient (Wildman–Crippen LogP) is 1.07. The first-order valence-corrected chi connectivity index (χ1v) is 9.01. The maximum absolute atomic E-state index is 12.3. The van der Waals surface area contributed by atoms with Gasteiger partial charge in [-0.3, -0.25) is 9.78 Å². The zero-order valence-corrected chi connectivity index (χ0v) is 13.0. The number of nitrogens with zero attached hydrogens (tertiary/aromatic N) is 2. The first kappa shape index (κ1) is 15.9. The Bertz CT molecular complexity index is 574. The van der Waals surface area contributed by atoms with E-state index < -0.39 is 10.0 Å². The molecule has 0 saturated carbocycles. The second-order valence-corrected chi connectivity index (χ2v) is 7.10. The van der Waals surface area contributed by atoms with Crippen LogP contribution in [0.5, 0.6) is 0 Å². The average molecular weight is 311 g/mol. The minimum absolute atomic E-state index is 0.00526. The van der Waals surface area contributed by atoms with Gasteiger partial charge in [0.15, 0.2) is 0 Å². The molecule has 0 radical (unpaired) electrons. The van der Waals surface area contributed by atoms with Crippen LogP contribution in [0.2, 0.25) is 0 Å². The summed E-state index contributed by atoms with van der Waals surface area (Å²) in [5, 5.41) is 0. The summed E-state index contributed by atoms with van der Waals surface area (Å²) in [7, 11) is -3.25. The van der Waals surface area contributed by atoms with Crippen LogP contribution >= 0.6 is 0 Å². The van der Waals surface area contributed by atoms with E-state index in [1.165, 1.54) is 0 Å². The lowest BCUT2D eigenvalue weighted by Gasteiger charge is -2.35. The van der Waals surface area contributed by atoms with Crippen LogP contribution in [0.4, 0.5) is 0 Å². The standard InChI is InChI=1S/C14H21N3O3S/c1-21(19,20)16-10-8-14(18)17-11-5-3-7-13(17)12-6-2-4-9-15-12/h2,4,6,9,13,16H,3,5,7-8,10-11H2,1H3/t13-/m0/s1.